The Hall–Kier alpha value is -3.02. The first-order chi connectivity index (χ1) is 13.2. The summed E-state index contributed by atoms with van der Waals surface area (Å²) in [5.74, 6) is 1.17. The second kappa shape index (κ2) is 7.70. The number of aromatic nitrogens is 2. The first-order valence-corrected chi connectivity index (χ1v) is 9.08. The maximum absolute atomic E-state index is 13.0. The Kier molecular flexibility index (Phi) is 4.96. The molecule has 1 aliphatic rings. The number of pyridine rings is 1. The molecule has 0 radical (unpaired) electrons. The Morgan fingerprint density at radius 3 is 2.81 bits per heavy atom. The number of carbonyl (C=O) groups excluding carboxylic acids is 1. The Labute approximate surface area is 156 Å². The van der Waals surface area contributed by atoms with E-state index in [1.54, 1.807) is 36.7 Å². The van der Waals surface area contributed by atoms with E-state index in [1.807, 2.05) is 11.0 Å². The highest BCUT2D eigenvalue weighted by Crippen LogP contribution is 2.28. The van der Waals surface area contributed by atoms with Gasteiger partial charge in [0.05, 0.1) is 12.1 Å². The van der Waals surface area contributed by atoms with Gasteiger partial charge < -0.3 is 9.32 Å². The van der Waals surface area contributed by atoms with Crippen molar-refractivity contribution in [1.29, 1.82) is 0 Å². The van der Waals surface area contributed by atoms with Gasteiger partial charge in [0.1, 0.15) is 17.3 Å². The molecule has 0 bridgehead atoms. The van der Waals surface area contributed by atoms with E-state index in [0.717, 1.165) is 30.7 Å². The molecule has 1 amide bonds. The van der Waals surface area contributed by atoms with Gasteiger partial charge in [-0.15, -0.1) is 0 Å². The van der Waals surface area contributed by atoms with Crippen LogP contribution in [0.2, 0.25) is 0 Å². The summed E-state index contributed by atoms with van der Waals surface area (Å²) in [4.78, 5) is 23.0. The highest BCUT2D eigenvalue weighted by Gasteiger charge is 2.28. The van der Waals surface area contributed by atoms with E-state index in [-0.39, 0.29) is 17.6 Å². The van der Waals surface area contributed by atoms with Gasteiger partial charge >= 0.3 is 0 Å². The topological polar surface area (TPSA) is 59.2 Å². The Bertz CT molecular complexity index is 909. The number of rotatable bonds is 4. The van der Waals surface area contributed by atoms with Gasteiger partial charge in [-0.25, -0.2) is 9.37 Å². The number of hydrogen-bond acceptors (Lipinski definition) is 4. The summed E-state index contributed by atoms with van der Waals surface area (Å²) in [7, 11) is 0. The van der Waals surface area contributed by atoms with E-state index >= 15 is 0 Å². The van der Waals surface area contributed by atoms with Crippen molar-refractivity contribution in [2.45, 2.75) is 25.2 Å². The third kappa shape index (κ3) is 4.05. The highest BCUT2D eigenvalue weighted by molar-refractivity contribution is 5.92. The molecule has 1 saturated heterocycles. The van der Waals surface area contributed by atoms with Crippen LogP contribution < -0.4 is 0 Å². The van der Waals surface area contributed by atoms with Crippen LogP contribution in [-0.2, 0) is 6.42 Å². The molecule has 4 rings (SSSR count). The standard InChI is InChI=1S/C21H20FN3O2/c22-17-8-6-15(7-9-17)12-18-13-24-20(27-18)16-4-3-11-25(14-16)21(26)19-5-1-2-10-23-19/h1-2,5-10,13,16H,3-4,11-12,14H2/t16-/m1/s1. The number of hydrogen-bond donors (Lipinski definition) is 0. The van der Waals surface area contributed by atoms with Crippen molar-refractivity contribution in [3.63, 3.8) is 0 Å². The Morgan fingerprint density at radius 2 is 2.04 bits per heavy atom. The summed E-state index contributed by atoms with van der Waals surface area (Å²) in [5, 5.41) is 0. The molecule has 138 valence electrons. The fourth-order valence-electron chi connectivity index (χ4n) is 3.41. The largest absolute Gasteiger partial charge is 0.445 e. The average molecular weight is 365 g/mol. The molecule has 0 spiro atoms. The van der Waals surface area contributed by atoms with Crippen LogP contribution in [0.25, 0.3) is 0 Å². The fraction of sp³-hybridized carbons (Fsp3) is 0.286. The normalized spacial score (nSPS) is 17.1. The molecule has 2 aromatic heterocycles. The van der Waals surface area contributed by atoms with E-state index in [4.69, 9.17) is 4.42 Å². The SMILES string of the molecule is O=C(c1ccccn1)N1CCC[C@@H](c2ncc(Cc3ccc(F)cc3)o2)C1. The van der Waals surface area contributed by atoms with Crippen molar-refractivity contribution in [3.05, 3.63) is 83.6 Å². The Balaban J connectivity index is 1.43. The van der Waals surface area contributed by atoms with Crippen LogP contribution in [0.4, 0.5) is 4.39 Å². The minimum atomic E-state index is -0.253. The molecule has 27 heavy (non-hydrogen) atoms. The molecule has 3 aromatic rings. The second-order valence-electron chi connectivity index (χ2n) is 6.77. The lowest BCUT2D eigenvalue weighted by atomic mass is 9.97. The van der Waals surface area contributed by atoms with Crippen LogP contribution in [-0.4, -0.2) is 33.9 Å². The van der Waals surface area contributed by atoms with Crippen molar-refractivity contribution in [2.24, 2.45) is 0 Å². The predicted octanol–water partition coefficient (Wildman–Crippen LogP) is 3.82. The third-order valence-corrected chi connectivity index (χ3v) is 4.80. The number of halogens is 1. The maximum atomic E-state index is 13.0. The van der Waals surface area contributed by atoms with Crippen LogP contribution in [0.1, 0.15) is 46.5 Å². The lowest BCUT2D eigenvalue weighted by Gasteiger charge is -2.31. The Morgan fingerprint density at radius 1 is 1.19 bits per heavy atom. The van der Waals surface area contributed by atoms with E-state index < -0.39 is 0 Å². The van der Waals surface area contributed by atoms with Crippen molar-refractivity contribution < 1.29 is 13.6 Å². The number of nitrogens with zero attached hydrogens (tertiary/aromatic N) is 3. The van der Waals surface area contributed by atoms with Crippen molar-refractivity contribution in [2.75, 3.05) is 13.1 Å². The quantitative estimate of drug-likeness (QED) is 0.705. The molecule has 0 N–H and O–H groups in total. The van der Waals surface area contributed by atoms with Gasteiger partial charge in [-0.1, -0.05) is 18.2 Å². The number of likely N-dealkylation sites (tertiary alicyclic amines) is 1. The maximum Gasteiger partial charge on any atom is 0.272 e. The van der Waals surface area contributed by atoms with Crippen molar-refractivity contribution in [3.8, 4) is 0 Å². The smallest absolute Gasteiger partial charge is 0.272 e. The summed E-state index contributed by atoms with van der Waals surface area (Å²) in [6, 6.07) is 11.7. The van der Waals surface area contributed by atoms with E-state index in [1.165, 1.54) is 12.1 Å². The molecule has 5 nitrogen and oxygen atoms in total. The van der Waals surface area contributed by atoms with Crippen LogP contribution in [0.5, 0.6) is 0 Å². The second-order valence-corrected chi connectivity index (χ2v) is 6.77. The number of piperidine rings is 1. The van der Waals surface area contributed by atoms with Crippen LogP contribution >= 0.6 is 0 Å². The number of benzene rings is 1. The molecule has 6 heteroatoms. The fourth-order valence-corrected chi connectivity index (χ4v) is 3.41. The molecule has 0 aliphatic carbocycles. The summed E-state index contributed by atoms with van der Waals surface area (Å²) in [6.45, 7) is 1.29. The van der Waals surface area contributed by atoms with E-state index in [9.17, 15) is 9.18 Å². The lowest BCUT2D eigenvalue weighted by molar-refractivity contribution is 0.0692. The van der Waals surface area contributed by atoms with Gasteiger partial charge in [-0.2, -0.15) is 0 Å². The van der Waals surface area contributed by atoms with Gasteiger partial charge in [0.15, 0.2) is 5.89 Å². The van der Waals surface area contributed by atoms with Gasteiger partial charge in [0.25, 0.3) is 5.91 Å². The van der Waals surface area contributed by atoms with Gasteiger partial charge in [0.2, 0.25) is 0 Å². The minimum Gasteiger partial charge on any atom is -0.445 e. The minimum absolute atomic E-state index is 0.0570. The summed E-state index contributed by atoms with van der Waals surface area (Å²) in [6.07, 6.45) is 5.75. The predicted molar refractivity (Wildman–Crippen MR) is 97.8 cm³/mol. The highest BCUT2D eigenvalue weighted by atomic mass is 19.1. The summed E-state index contributed by atoms with van der Waals surface area (Å²) in [5.41, 5.74) is 1.43. The molecule has 1 atom stereocenters. The lowest BCUT2D eigenvalue weighted by Crippen LogP contribution is -2.39. The van der Waals surface area contributed by atoms with Crippen LogP contribution in [0, 0.1) is 5.82 Å². The number of amides is 1. The number of oxazole rings is 1. The molecule has 0 saturated carbocycles. The molecule has 1 aromatic carbocycles. The zero-order valence-corrected chi connectivity index (χ0v) is 14.8. The average Bonchev–Trinajstić information content (AvgIpc) is 3.18. The van der Waals surface area contributed by atoms with Crippen LogP contribution in [0.3, 0.4) is 0 Å². The molecule has 3 heterocycles. The summed E-state index contributed by atoms with van der Waals surface area (Å²) < 4.78 is 19.0. The van der Waals surface area contributed by atoms with Gasteiger partial charge in [0, 0.05) is 25.7 Å². The molecular formula is C21H20FN3O2. The zero-order valence-electron chi connectivity index (χ0n) is 14.8. The van der Waals surface area contributed by atoms with Crippen molar-refractivity contribution >= 4 is 5.91 Å². The molecular weight excluding hydrogens is 345 g/mol. The van der Waals surface area contributed by atoms with Gasteiger partial charge in [-0.3, -0.25) is 9.78 Å². The van der Waals surface area contributed by atoms with Gasteiger partial charge in [-0.05, 0) is 42.7 Å². The monoisotopic (exact) mass is 365 g/mol. The zero-order chi connectivity index (χ0) is 18.6. The molecule has 0 unspecified atom stereocenters. The molecule has 1 aliphatic heterocycles. The molecule has 1 fully saturated rings. The first-order valence-electron chi connectivity index (χ1n) is 9.08. The van der Waals surface area contributed by atoms with Crippen molar-refractivity contribution in [1.82, 2.24) is 14.9 Å². The van der Waals surface area contributed by atoms with Crippen LogP contribution in [0.15, 0.2) is 59.3 Å². The van der Waals surface area contributed by atoms with E-state index in [0.29, 0.717) is 24.6 Å². The number of carbonyl (C=O) groups is 1. The van der Waals surface area contributed by atoms with E-state index in [2.05, 4.69) is 9.97 Å². The third-order valence-electron chi connectivity index (χ3n) is 4.80. The summed E-state index contributed by atoms with van der Waals surface area (Å²) >= 11 is 0. The first kappa shape index (κ1) is 17.4.